The van der Waals surface area contributed by atoms with Crippen LogP contribution in [0.15, 0.2) is 12.1 Å². The van der Waals surface area contributed by atoms with Crippen LogP contribution in [0.2, 0.25) is 0 Å². The zero-order chi connectivity index (χ0) is 17.8. The number of aromatic nitrogens is 1. The number of benzene rings is 1. The van der Waals surface area contributed by atoms with Crippen LogP contribution in [0.3, 0.4) is 0 Å². The van der Waals surface area contributed by atoms with Gasteiger partial charge in [-0.05, 0) is 43.4 Å². The van der Waals surface area contributed by atoms with Gasteiger partial charge in [0.15, 0.2) is 6.61 Å². The van der Waals surface area contributed by atoms with E-state index in [4.69, 9.17) is 9.72 Å². The van der Waals surface area contributed by atoms with Crippen molar-refractivity contribution in [2.45, 2.75) is 38.0 Å². The third kappa shape index (κ3) is 2.41. The number of nitrogens with zero attached hydrogens (tertiary/aromatic N) is 2. The molecule has 6 nitrogen and oxygen atoms in total. The van der Waals surface area contributed by atoms with E-state index in [0.29, 0.717) is 17.9 Å². The lowest BCUT2D eigenvalue weighted by molar-refractivity contribution is -0.121. The zero-order valence-electron chi connectivity index (χ0n) is 14.5. The van der Waals surface area contributed by atoms with E-state index in [9.17, 15) is 9.59 Å². The maximum absolute atomic E-state index is 12.3. The van der Waals surface area contributed by atoms with Gasteiger partial charge in [-0.2, -0.15) is 0 Å². The van der Waals surface area contributed by atoms with Crippen molar-refractivity contribution >= 4 is 34.5 Å². The third-order valence-corrected chi connectivity index (χ3v) is 6.69. The van der Waals surface area contributed by atoms with Gasteiger partial charge in [-0.3, -0.25) is 9.59 Å². The Kier molecular flexibility index (Phi) is 3.53. The smallest absolute Gasteiger partial charge is 0.264 e. The summed E-state index contributed by atoms with van der Waals surface area (Å²) in [5.41, 5.74) is 3.68. The summed E-state index contributed by atoms with van der Waals surface area (Å²) in [7, 11) is 1.73. The Morgan fingerprint density at radius 1 is 1.27 bits per heavy atom. The quantitative estimate of drug-likeness (QED) is 0.839. The van der Waals surface area contributed by atoms with Crippen molar-refractivity contribution in [3.8, 4) is 5.75 Å². The SMILES string of the molecule is CN1C(=O)COc2cc3c(cc21)NC(=O)C[C@@H]3c1nc2c(s1)CCCC2. The summed E-state index contributed by atoms with van der Waals surface area (Å²) < 4.78 is 5.64. The summed E-state index contributed by atoms with van der Waals surface area (Å²) in [6.45, 7) is 0.0465. The van der Waals surface area contributed by atoms with E-state index in [1.54, 1.807) is 23.3 Å². The first kappa shape index (κ1) is 15.8. The first-order chi connectivity index (χ1) is 12.6. The van der Waals surface area contributed by atoms with Gasteiger partial charge in [0.25, 0.3) is 5.91 Å². The molecule has 3 aliphatic rings. The zero-order valence-corrected chi connectivity index (χ0v) is 15.3. The van der Waals surface area contributed by atoms with Crippen LogP contribution in [0.25, 0.3) is 0 Å². The molecule has 0 fully saturated rings. The fourth-order valence-corrected chi connectivity index (χ4v) is 5.24. The second kappa shape index (κ2) is 5.81. The monoisotopic (exact) mass is 369 g/mol. The highest BCUT2D eigenvalue weighted by Gasteiger charge is 2.33. The number of carbonyl (C=O) groups excluding carboxylic acids is 2. The van der Waals surface area contributed by atoms with Crippen LogP contribution >= 0.6 is 11.3 Å². The van der Waals surface area contributed by atoms with Crippen LogP contribution in [-0.2, 0) is 22.4 Å². The van der Waals surface area contributed by atoms with Gasteiger partial charge >= 0.3 is 0 Å². The Bertz CT molecular complexity index is 913. The van der Waals surface area contributed by atoms with E-state index in [2.05, 4.69) is 5.32 Å². The highest BCUT2D eigenvalue weighted by atomic mass is 32.1. The molecule has 2 aliphatic heterocycles. The van der Waals surface area contributed by atoms with Gasteiger partial charge < -0.3 is 15.0 Å². The summed E-state index contributed by atoms with van der Waals surface area (Å²) in [6.07, 6.45) is 4.95. The van der Waals surface area contributed by atoms with Gasteiger partial charge in [-0.1, -0.05) is 0 Å². The first-order valence-electron chi connectivity index (χ1n) is 8.96. The normalized spacial score (nSPS) is 21.4. The number of rotatable bonds is 1. The first-order valence-corrected chi connectivity index (χ1v) is 9.77. The minimum Gasteiger partial charge on any atom is -0.482 e. The number of likely N-dealkylation sites (N-methyl/N-ethyl adjacent to an activating group) is 1. The molecule has 0 saturated carbocycles. The molecule has 2 aromatic rings. The van der Waals surface area contributed by atoms with Crippen molar-refractivity contribution in [2.24, 2.45) is 0 Å². The number of nitrogens with one attached hydrogen (secondary N) is 1. The average molecular weight is 369 g/mol. The molecule has 0 unspecified atom stereocenters. The predicted octanol–water partition coefficient (Wildman–Crippen LogP) is 2.85. The fourth-order valence-electron chi connectivity index (χ4n) is 3.97. The number of hydrogen-bond donors (Lipinski definition) is 1. The van der Waals surface area contributed by atoms with Crippen molar-refractivity contribution < 1.29 is 14.3 Å². The van der Waals surface area contributed by atoms with E-state index in [1.807, 2.05) is 12.1 Å². The van der Waals surface area contributed by atoms with Crippen molar-refractivity contribution in [3.63, 3.8) is 0 Å². The average Bonchev–Trinajstić information content (AvgIpc) is 3.07. The molecule has 1 aromatic carbocycles. The Morgan fingerprint density at radius 3 is 2.96 bits per heavy atom. The minimum atomic E-state index is -0.0938. The predicted molar refractivity (Wildman–Crippen MR) is 99.2 cm³/mol. The summed E-state index contributed by atoms with van der Waals surface area (Å²) in [5, 5.41) is 3.97. The van der Waals surface area contributed by atoms with Gasteiger partial charge in [0.2, 0.25) is 5.91 Å². The van der Waals surface area contributed by atoms with Gasteiger partial charge in [-0.15, -0.1) is 11.3 Å². The summed E-state index contributed by atoms with van der Waals surface area (Å²) in [6, 6.07) is 3.82. The number of ether oxygens (including phenoxy) is 1. The number of hydrogen-bond acceptors (Lipinski definition) is 5. The lowest BCUT2D eigenvalue weighted by atomic mass is 9.90. The highest BCUT2D eigenvalue weighted by molar-refractivity contribution is 7.11. The number of fused-ring (bicyclic) bond motifs is 3. The van der Waals surface area contributed by atoms with E-state index < -0.39 is 0 Å². The molecule has 1 atom stereocenters. The summed E-state index contributed by atoms with van der Waals surface area (Å²) in [4.78, 5) is 32.0. The van der Waals surface area contributed by atoms with Crippen LogP contribution in [-0.4, -0.2) is 30.5 Å². The van der Waals surface area contributed by atoms with Crippen LogP contribution < -0.4 is 15.0 Å². The van der Waals surface area contributed by atoms with Gasteiger partial charge in [0.05, 0.1) is 11.4 Å². The Balaban J connectivity index is 1.61. The van der Waals surface area contributed by atoms with Crippen LogP contribution in [0.1, 0.15) is 46.3 Å². The number of amides is 2. The second-order valence-corrected chi connectivity index (χ2v) is 8.20. The third-order valence-electron chi connectivity index (χ3n) is 5.42. The molecule has 0 bridgehead atoms. The second-order valence-electron chi connectivity index (χ2n) is 7.08. The lowest BCUT2D eigenvalue weighted by Gasteiger charge is -2.30. The molecule has 1 aliphatic carbocycles. The number of anilines is 2. The molecule has 7 heteroatoms. The molecule has 1 aromatic heterocycles. The molecule has 26 heavy (non-hydrogen) atoms. The molecule has 0 saturated heterocycles. The number of carbonyl (C=O) groups is 2. The summed E-state index contributed by atoms with van der Waals surface area (Å²) in [5.74, 6) is 0.532. The van der Waals surface area contributed by atoms with Crippen molar-refractivity contribution in [2.75, 3.05) is 23.9 Å². The molecule has 2 amide bonds. The van der Waals surface area contributed by atoms with Crippen LogP contribution in [0.5, 0.6) is 5.75 Å². The van der Waals surface area contributed by atoms with Crippen molar-refractivity contribution in [1.29, 1.82) is 0 Å². The lowest BCUT2D eigenvalue weighted by Crippen LogP contribution is -2.36. The maximum atomic E-state index is 12.3. The molecule has 0 spiro atoms. The minimum absolute atomic E-state index is 0.0127. The van der Waals surface area contributed by atoms with Crippen LogP contribution in [0.4, 0.5) is 11.4 Å². The number of aryl methyl sites for hydroxylation is 2. The van der Waals surface area contributed by atoms with Gasteiger partial charge in [0.1, 0.15) is 10.8 Å². The molecule has 134 valence electrons. The van der Waals surface area contributed by atoms with Crippen molar-refractivity contribution in [3.05, 3.63) is 33.3 Å². The molecule has 1 N–H and O–H groups in total. The molecular weight excluding hydrogens is 350 g/mol. The molecule has 3 heterocycles. The summed E-state index contributed by atoms with van der Waals surface area (Å²) >= 11 is 1.75. The standard InChI is InChI=1S/C19H19N3O3S/c1-22-14-8-13-10(6-15(14)25-9-18(22)24)11(7-17(23)20-13)19-21-12-4-2-3-5-16(12)26-19/h6,8,11H,2-5,7,9H2,1H3,(H,20,23)/t11-/m0/s1. The molecular formula is C19H19N3O3S. The maximum Gasteiger partial charge on any atom is 0.264 e. The van der Waals surface area contributed by atoms with Gasteiger partial charge in [0, 0.05) is 30.0 Å². The number of thiazole rings is 1. The van der Waals surface area contributed by atoms with Crippen molar-refractivity contribution in [1.82, 2.24) is 4.98 Å². The molecule has 0 radical (unpaired) electrons. The van der Waals surface area contributed by atoms with Gasteiger partial charge in [-0.25, -0.2) is 4.98 Å². The van der Waals surface area contributed by atoms with E-state index >= 15 is 0 Å². The van der Waals surface area contributed by atoms with E-state index in [1.165, 1.54) is 23.4 Å². The Morgan fingerprint density at radius 2 is 2.12 bits per heavy atom. The Hall–Kier alpha value is -2.41. The fraction of sp³-hybridized carbons (Fsp3) is 0.421. The Labute approximate surface area is 155 Å². The highest BCUT2D eigenvalue weighted by Crippen LogP contribution is 2.45. The van der Waals surface area contributed by atoms with E-state index in [0.717, 1.165) is 29.1 Å². The molecule has 5 rings (SSSR count). The largest absolute Gasteiger partial charge is 0.482 e. The van der Waals surface area contributed by atoms with Crippen LogP contribution in [0, 0.1) is 0 Å². The van der Waals surface area contributed by atoms with E-state index in [-0.39, 0.29) is 24.3 Å². The topological polar surface area (TPSA) is 71.5 Å².